The molecule has 4 heteroatoms. The largest absolute Gasteiger partial charge is 0.378 e. The highest BCUT2D eigenvalue weighted by Gasteiger charge is 2.31. The molecule has 2 rings (SSSR count). The molecule has 1 amide bonds. The van der Waals surface area contributed by atoms with Gasteiger partial charge in [-0.1, -0.05) is 20.3 Å². The molecule has 19 heavy (non-hydrogen) atoms. The van der Waals surface area contributed by atoms with Crippen LogP contribution in [-0.4, -0.2) is 49.2 Å². The maximum absolute atomic E-state index is 12.3. The van der Waals surface area contributed by atoms with E-state index in [0.717, 1.165) is 51.9 Å². The summed E-state index contributed by atoms with van der Waals surface area (Å²) in [5.74, 6) is 0.891. The molecule has 2 aliphatic rings. The number of rotatable bonds is 5. The van der Waals surface area contributed by atoms with E-state index in [2.05, 4.69) is 24.1 Å². The van der Waals surface area contributed by atoms with Gasteiger partial charge in [-0.05, 0) is 31.7 Å². The molecule has 0 aliphatic carbocycles. The fraction of sp³-hybridized carbons (Fsp3) is 0.933. The quantitative estimate of drug-likeness (QED) is 0.826. The molecule has 2 aliphatic heterocycles. The summed E-state index contributed by atoms with van der Waals surface area (Å²) >= 11 is 0. The first-order valence-electron chi connectivity index (χ1n) is 7.87. The van der Waals surface area contributed by atoms with Crippen molar-refractivity contribution in [1.82, 2.24) is 10.2 Å². The smallest absolute Gasteiger partial charge is 0.225 e. The Bertz CT molecular complexity index is 290. The van der Waals surface area contributed by atoms with Crippen LogP contribution < -0.4 is 5.32 Å². The second kappa shape index (κ2) is 7.25. The number of carbonyl (C=O) groups excluding carboxylic acids is 1. The molecule has 0 aromatic rings. The van der Waals surface area contributed by atoms with Crippen LogP contribution in [0.2, 0.25) is 0 Å². The zero-order valence-corrected chi connectivity index (χ0v) is 12.4. The van der Waals surface area contributed by atoms with Crippen LogP contribution in [0.15, 0.2) is 0 Å². The van der Waals surface area contributed by atoms with Crippen molar-refractivity contribution >= 4 is 5.91 Å². The van der Waals surface area contributed by atoms with E-state index in [9.17, 15) is 4.79 Å². The van der Waals surface area contributed by atoms with E-state index in [1.165, 1.54) is 0 Å². The lowest BCUT2D eigenvalue weighted by molar-refractivity contribution is -0.135. The minimum absolute atomic E-state index is 0.180. The summed E-state index contributed by atoms with van der Waals surface area (Å²) in [5.41, 5.74) is 0. The first kappa shape index (κ1) is 14.8. The summed E-state index contributed by atoms with van der Waals surface area (Å²) in [6.45, 7) is 8.05. The van der Waals surface area contributed by atoms with Crippen molar-refractivity contribution in [2.24, 2.45) is 5.92 Å². The average Bonchev–Trinajstić information content (AvgIpc) is 2.92. The monoisotopic (exact) mass is 268 g/mol. The fourth-order valence-electron chi connectivity index (χ4n) is 3.33. The van der Waals surface area contributed by atoms with E-state index in [-0.39, 0.29) is 6.10 Å². The van der Waals surface area contributed by atoms with Gasteiger partial charge in [0.15, 0.2) is 0 Å². The molecule has 110 valence electrons. The lowest BCUT2D eigenvalue weighted by Gasteiger charge is -2.39. The molecule has 2 saturated heterocycles. The van der Waals surface area contributed by atoms with E-state index in [4.69, 9.17) is 4.74 Å². The number of hydrogen-bond donors (Lipinski definition) is 1. The summed E-state index contributed by atoms with van der Waals surface area (Å²) in [5, 5.41) is 3.56. The normalized spacial score (nSPS) is 31.7. The number of ether oxygens (including phenoxy) is 1. The Morgan fingerprint density at radius 1 is 1.37 bits per heavy atom. The number of nitrogens with one attached hydrogen (secondary N) is 1. The van der Waals surface area contributed by atoms with Crippen LogP contribution in [0.3, 0.4) is 0 Å². The number of carbonyl (C=O) groups is 1. The highest BCUT2D eigenvalue weighted by atomic mass is 16.5. The van der Waals surface area contributed by atoms with E-state index in [0.29, 0.717) is 24.3 Å². The van der Waals surface area contributed by atoms with Crippen LogP contribution in [0.5, 0.6) is 0 Å². The zero-order chi connectivity index (χ0) is 13.7. The Labute approximate surface area is 116 Å². The van der Waals surface area contributed by atoms with Gasteiger partial charge >= 0.3 is 0 Å². The second-order valence-corrected chi connectivity index (χ2v) is 5.80. The van der Waals surface area contributed by atoms with E-state index in [1.807, 2.05) is 0 Å². The molecule has 0 saturated carbocycles. The van der Waals surface area contributed by atoms with E-state index < -0.39 is 0 Å². The Morgan fingerprint density at radius 2 is 2.21 bits per heavy atom. The first-order chi connectivity index (χ1) is 9.24. The standard InChI is InChI=1S/C15H28N2O2/c1-3-12-11-17(8-7-14(12)16-4-2)15(18)10-13-6-5-9-19-13/h12-14,16H,3-11H2,1-2H3. The van der Waals surface area contributed by atoms with Crippen LogP contribution in [0.25, 0.3) is 0 Å². The van der Waals surface area contributed by atoms with Crippen molar-refractivity contribution in [2.45, 2.75) is 58.1 Å². The van der Waals surface area contributed by atoms with Gasteiger partial charge in [0, 0.05) is 25.7 Å². The zero-order valence-electron chi connectivity index (χ0n) is 12.4. The van der Waals surface area contributed by atoms with Crippen molar-refractivity contribution in [3.63, 3.8) is 0 Å². The van der Waals surface area contributed by atoms with Gasteiger partial charge < -0.3 is 15.0 Å². The topological polar surface area (TPSA) is 41.6 Å². The highest BCUT2D eigenvalue weighted by molar-refractivity contribution is 5.76. The maximum atomic E-state index is 12.3. The molecule has 0 radical (unpaired) electrons. The molecule has 0 aromatic heterocycles. The van der Waals surface area contributed by atoms with Crippen LogP contribution in [0.4, 0.5) is 0 Å². The molecular formula is C15H28N2O2. The van der Waals surface area contributed by atoms with Crippen molar-refractivity contribution in [3.05, 3.63) is 0 Å². The minimum atomic E-state index is 0.180. The molecule has 0 bridgehead atoms. The molecular weight excluding hydrogens is 240 g/mol. The van der Waals surface area contributed by atoms with Crippen molar-refractivity contribution < 1.29 is 9.53 Å². The van der Waals surface area contributed by atoms with E-state index in [1.54, 1.807) is 0 Å². The molecule has 2 fully saturated rings. The van der Waals surface area contributed by atoms with Crippen molar-refractivity contribution in [1.29, 1.82) is 0 Å². The molecule has 3 unspecified atom stereocenters. The fourth-order valence-corrected chi connectivity index (χ4v) is 3.33. The summed E-state index contributed by atoms with van der Waals surface area (Å²) in [4.78, 5) is 14.4. The van der Waals surface area contributed by atoms with Crippen LogP contribution in [0.1, 0.15) is 46.0 Å². The van der Waals surface area contributed by atoms with Gasteiger partial charge in [-0.3, -0.25) is 4.79 Å². The van der Waals surface area contributed by atoms with E-state index >= 15 is 0 Å². The summed E-state index contributed by atoms with van der Waals surface area (Å²) in [7, 11) is 0. The van der Waals surface area contributed by atoms with Gasteiger partial charge in [0.1, 0.15) is 0 Å². The minimum Gasteiger partial charge on any atom is -0.378 e. The Kier molecular flexibility index (Phi) is 5.64. The van der Waals surface area contributed by atoms with Crippen LogP contribution in [0, 0.1) is 5.92 Å². The molecule has 2 heterocycles. The van der Waals surface area contributed by atoms with Gasteiger partial charge in [0.25, 0.3) is 0 Å². The number of hydrogen-bond acceptors (Lipinski definition) is 3. The lowest BCUT2D eigenvalue weighted by atomic mass is 9.89. The summed E-state index contributed by atoms with van der Waals surface area (Å²) in [6, 6.07) is 0.585. The SMILES string of the molecule is CCNC1CCN(C(=O)CC2CCCO2)CC1CC. The molecule has 3 atom stereocenters. The number of amides is 1. The third-order valence-corrected chi connectivity index (χ3v) is 4.50. The van der Waals surface area contributed by atoms with Gasteiger partial charge in [-0.25, -0.2) is 0 Å². The van der Waals surface area contributed by atoms with Crippen molar-refractivity contribution in [2.75, 3.05) is 26.2 Å². The highest BCUT2D eigenvalue weighted by Crippen LogP contribution is 2.23. The number of nitrogens with zero attached hydrogens (tertiary/aromatic N) is 1. The maximum Gasteiger partial charge on any atom is 0.225 e. The predicted molar refractivity (Wildman–Crippen MR) is 76.0 cm³/mol. The van der Waals surface area contributed by atoms with Gasteiger partial charge in [-0.2, -0.15) is 0 Å². The van der Waals surface area contributed by atoms with Crippen LogP contribution >= 0.6 is 0 Å². The van der Waals surface area contributed by atoms with Crippen molar-refractivity contribution in [3.8, 4) is 0 Å². The van der Waals surface area contributed by atoms with Gasteiger partial charge in [0.2, 0.25) is 5.91 Å². The molecule has 0 aromatic carbocycles. The third kappa shape index (κ3) is 3.93. The number of piperidine rings is 1. The Morgan fingerprint density at radius 3 is 2.84 bits per heavy atom. The van der Waals surface area contributed by atoms with Crippen LogP contribution in [-0.2, 0) is 9.53 Å². The lowest BCUT2D eigenvalue weighted by Crippen LogP contribution is -2.51. The summed E-state index contributed by atoms with van der Waals surface area (Å²) in [6.07, 6.45) is 5.15. The third-order valence-electron chi connectivity index (χ3n) is 4.50. The Hall–Kier alpha value is -0.610. The Balaban J connectivity index is 1.82. The van der Waals surface area contributed by atoms with Gasteiger partial charge in [-0.15, -0.1) is 0 Å². The summed E-state index contributed by atoms with van der Waals surface area (Å²) < 4.78 is 5.57. The predicted octanol–water partition coefficient (Wildman–Crippen LogP) is 1.79. The molecule has 4 nitrogen and oxygen atoms in total. The number of likely N-dealkylation sites (tertiary alicyclic amines) is 1. The molecule has 0 spiro atoms. The van der Waals surface area contributed by atoms with Gasteiger partial charge in [0.05, 0.1) is 12.5 Å². The second-order valence-electron chi connectivity index (χ2n) is 5.80. The molecule has 1 N–H and O–H groups in total. The average molecular weight is 268 g/mol. The first-order valence-corrected chi connectivity index (χ1v) is 7.87.